The number of hydrogen-bond acceptors (Lipinski definition) is 3. The van der Waals surface area contributed by atoms with Crippen LogP contribution in [0.1, 0.15) is 20.8 Å². The van der Waals surface area contributed by atoms with Crippen molar-refractivity contribution in [2.24, 2.45) is 5.41 Å². The van der Waals surface area contributed by atoms with Gasteiger partial charge in [0.25, 0.3) is 0 Å². The highest BCUT2D eigenvalue weighted by Gasteiger charge is 2.32. The molecule has 1 atom stereocenters. The third kappa shape index (κ3) is 1.80. The Labute approximate surface area is 77.4 Å². The molecule has 72 valence electrons. The van der Waals surface area contributed by atoms with Gasteiger partial charge in [-0.1, -0.05) is 20.8 Å². The van der Waals surface area contributed by atoms with Crippen molar-refractivity contribution in [1.29, 1.82) is 0 Å². The largest absolute Gasteiger partial charge is 0.508 e. The highest BCUT2D eigenvalue weighted by atomic mass is 16.3. The van der Waals surface area contributed by atoms with Gasteiger partial charge in [-0.05, 0) is 17.6 Å². The molecule has 3 heteroatoms. The minimum absolute atomic E-state index is 0.0391. The molecule has 0 fully saturated rings. The maximum atomic E-state index is 11.5. The molecule has 0 bridgehead atoms. The van der Waals surface area contributed by atoms with Crippen LogP contribution in [-0.2, 0) is 4.79 Å². The highest BCUT2D eigenvalue weighted by Crippen LogP contribution is 2.31. The van der Waals surface area contributed by atoms with Crippen LogP contribution >= 0.6 is 0 Å². The number of Topliss-reactive ketones (excluding diaryl/α,β-unsaturated/α-hetero) is 1. The standard InChI is InChI=1S/C10H14O3/c1-10(2,3)8-6(11)4-5-7(12)9(8)13/h4-5,7,11-12H,1-3H3. The van der Waals surface area contributed by atoms with Gasteiger partial charge in [0.05, 0.1) is 0 Å². The number of rotatable bonds is 0. The number of allylic oxidation sites excluding steroid dienone is 1. The first-order valence-corrected chi connectivity index (χ1v) is 4.18. The molecular weight excluding hydrogens is 168 g/mol. The van der Waals surface area contributed by atoms with E-state index >= 15 is 0 Å². The SMILES string of the molecule is CC(C)(C)C1=C(O)C=CC(O)C1=O. The van der Waals surface area contributed by atoms with Gasteiger partial charge in [-0.2, -0.15) is 0 Å². The average molecular weight is 182 g/mol. The van der Waals surface area contributed by atoms with Crippen LogP contribution in [0.2, 0.25) is 0 Å². The van der Waals surface area contributed by atoms with Gasteiger partial charge in [-0.25, -0.2) is 0 Å². The quantitative estimate of drug-likeness (QED) is 0.594. The van der Waals surface area contributed by atoms with Crippen LogP contribution in [0.15, 0.2) is 23.5 Å². The van der Waals surface area contributed by atoms with E-state index in [2.05, 4.69) is 0 Å². The van der Waals surface area contributed by atoms with Crippen molar-refractivity contribution in [1.82, 2.24) is 0 Å². The third-order valence-corrected chi connectivity index (χ3v) is 1.96. The van der Waals surface area contributed by atoms with Crippen LogP contribution < -0.4 is 0 Å². The fraction of sp³-hybridized carbons (Fsp3) is 0.500. The van der Waals surface area contributed by atoms with Crippen LogP contribution in [0.25, 0.3) is 0 Å². The van der Waals surface area contributed by atoms with E-state index in [1.807, 2.05) is 20.8 Å². The molecule has 1 unspecified atom stereocenters. The summed E-state index contributed by atoms with van der Waals surface area (Å²) in [4.78, 5) is 11.5. The normalized spacial score (nSPS) is 24.0. The van der Waals surface area contributed by atoms with Crippen molar-refractivity contribution in [3.63, 3.8) is 0 Å². The summed E-state index contributed by atoms with van der Waals surface area (Å²) in [7, 11) is 0. The molecule has 0 spiro atoms. The van der Waals surface area contributed by atoms with Gasteiger partial charge >= 0.3 is 0 Å². The molecule has 0 radical (unpaired) electrons. The van der Waals surface area contributed by atoms with Gasteiger partial charge in [0.1, 0.15) is 11.9 Å². The molecule has 0 saturated carbocycles. The van der Waals surface area contributed by atoms with Crippen LogP contribution in [0.3, 0.4) is 0 Å². The van der Waals surface area contributed by atoms with Crippen LogP contribution in [0.4, 0.5) is 0 Å². The van der Waals surface area contributed by atoms with E-state index in [1.54, 1.807) is 0 Å². The molecule has 0 amide bonds. The number of carbonyl (C=O) groups excluding carboxylic acids is 1. The van der Waals surface area contributed by atoms with Crippen molar-refractivity contribution in [2.75, 3.05) is 0 Å². The minimum atomic E-state index is -1.11. The monoisotopic (exact) mass is 182 g/mol. The summed E-state index contributed by atoms with van der Waals surface area (Å²) >= 11 is 0. The predicted octanol–water partition coefficient (Wildman–Crippen LogP) is 1.34. The summed E-state index contributed by atoms with van der Waals surface area (Å²) in [5.41, 5.74) is -0.144. The molecule has 0 aromatic rings. The van der Waals surface area contributed by atoms with Gasteiger partial charge in [0, 0.05) is 5.57 Å². The number of aliphatic hydroxyl groups is 2. The van der Waals surface area contributed by atoms with E-state index in [4.69, 9.17) is 0 Å². The second kappa shape index (κ2) is 3.00. The van der Waals surface area contributed by atoms with Crippen molar-refractivity contribution >= 4 is 5.78 Å². The summed E-state index contributed by atoms with van der Waals surface area (Å²) in [6.07, 6.45) is 1.55. The van der Waals surface area contributed by atoms with Crippen molar-refractivity contribution < 1.29 is 15.0 Å². The van der Waals surface area contributed by atoms with Crippen molar-refractivity contribution in [2.45, 2.75) is 26.9 Å². The van der Waals surface area contributed by atoms with E-state index in [-0.39, 0.29) is 5.76 Å². The minimum Gasteiger partial charge on any atom is -0.508 e. The lowest BCUT2D eigenvalue weighted by molar-refractivity contribution is -0.122. The molecule has 2 N–H and O–H groups in total. The molecule has 0 aliphatic heterocycles. The van der Waals surface area contributed by atoms with E-state index in [0.29, 0.717) is 5.57 Å². The van der Waals surface area contributed by atoms with Gasteiger partial charge in [0.2, 0.25) is 0 Å². The summed E-state index contributed by atoms with van der Waals surface area (Å²) in [6.45, 7) is 5.47. The first-order valence-electron chi connectivity index (χ1n) is 4.18. The lowest BCUT2D eigenvalue weighted by atomic mass is 9.79. The van der Waals surface area contributed by atoms with E-state index in [9.17, 15) is 15.0 Å². The molecule has 1 rings (SSSR count). The Morgan fingerprint density at radius 1 is 1.38 bits per heavy atom. The Morgan fingerprint density at radius 2 is 1.92 bits per heavy atom. The second-order valence-electron chi connectivity index (χ2n) is 4.18. The van der Waals surface area contributed by atoms with Crippen LogP contribution in [-0.4, -0.2) is 22.1 Å². The molecular formula is C10H14O3. The second-order valence-corrected chi connectivity index (χ2v) is 4.18. The topological polar surface area (TPSA) is 57.5 Å². The van der Waals surface area contributed by atoms with Gasteiger partial charge in [-0.15, -0.1) is 0 Å². The molecule has 0 saturated heterocycles. The molecule has 1 aliphatic carbocycles. The zero-order valence-corrected chi connectivity index (χ0v) is 8.03. The summed E-state index contributed by atoms with van der Waals surface area (Å²) in [6, 6.07) is 0. The predicted molar refractivity (Wildman–Crippen MR) is 49.3 cm³/mol. The maximum Gasteiger partial charge on any atom is 0.195 e. The number of carbonyl (C=O) groups is 1. The van der Waals surface area contributed by atoms with Crippen molar-refractivity contribution in [3.8, 4) is 0 Å². The average Bonchev–Trinajstić information content (AvgIpc) is 1.95. The van der Waals surface area contributed by atoms with Crippen LogP contribution in [0.5, 0.6) is 0 Å². The third-order valence-electron chi connectivity index (χ3n) is 1.96. The summed E-state index contributed by atoms with van der Waals surface area (Å²) < 4.78 is 0. The molecule has 13 heavy (non-hydrogen) atoms. The number of hydrogen-bond donors (Lipinski definition) is 2. The zero-order valence-electron chi connectivity index (χ0n) is 8.03. The van der Waals surface area contributed by atoms with Crippen molar-refractivity contribution in [3.05, 3.63) is 23.5 Å². The molecule has 0 heterocycles. The van der Waals surface area contributed by atoms with E-state index < -0.39 is 17.3 Å². The maximum absolute atomic E-state index is 11.5. The van der Waals surface area contributed by atoms with E-state index in [0.717, 1.165) is 0 Å². The Hall–Kier alpha value is -1.09. The van der Waals surface area contributed by atoms with E-state index in [1.165, 1.54) is 12.2 Å². The smallest absolute Gasteiger partial charge is 0.195 e. The lowest BCUT2D eigenvalue weighted by Crippen LogP contribution is -2.30. The molecule has 3 nitrogen and oxygen atoms in total. The Kier molecular flexibility index (Phi) is 2.30. The summed E-state index contributed by atoms with van der Waals surface area (Å²) in [5, 5.41) is 18.7. The molecule has 0 aromatic carbocycles. The Bertz CT molecular complexity index is 292. The summed E-state index contributed by atoms with van der Waals surface area (Å²) in [5.74, 6) is -0.449. The first-order chi connectivity index (χ1) is 5.84. The lowest BCUT2D eigenvalue weighted by Gasteiger charge is -2.25. The van der Waals surface area contributed by atoms with Gasteiger partial charge < -0.3 is 10.2 Å². The number of aliphatic hydroxyl groups excluding tert-OH is 2. The number of ketones is 1. The molecule has 1 aliphatic rings. The zero-order chi connectivity index (χ0) is 10.2. The fourth-order valence-corrected chi connectivity index (χ4v) is 1.38. The fourth-order valence-electron chi connectivity index (χ4n) is 1.38. The Morgan fingerprint density at radius 3 is 2.31 bits per heavy atom. The highest BCUT2D eigenvalue weighted by molar-refractivity contribution is 6.02. The van der Waals surface area contributed by atoms with Gasteiger partial charge in [-0.3, -0.25) is 4.79 Å². The van der Waals surface area contributed by atoms with Crippen LogP contribution in [0, 0.1) is 5.41 Å². The Balaban J connectivity index is 3.18. The first kappa shape index (κ1) is 9.99. The molecule has 0 aromatic heterocycles. The van der Waals surface area contributed by atoms with Gasteiger partial charge in [0.15, 0.2) is 5.78 Å².